The van der Waals surface area contributed by atoms with Crippen molar-refractivity contribution < 1.29 is 14.3 Å². The number of rotatable bonds is 12. The molecule has 0 unspecified atom stereocenters. The Hall–Kier alpha value is -1.55. The van der Waals surface area contributed by atoms with Gasteiger partial charge in [0.2, 0.25) is 5.91 Å². The van der Waals surface area contributed by atoms with Gasteiger partial charge in [-0.2, -0.15) is 0 Å². The van der Waals surface area contributed by atoms with Crippen molar-refractivity contribution in [3.8, 4) is 5.75 Å². The van der Waals surface area contributed by atoms with Crippen LogP contribution in [0.5, 0.6) is 5.75 Å². The first-order chi connectivity index (χ1) is 11.6. The van der Waals surface area contributed by atoms with E-state index in [1.807, 2.05) is 51.1 Å². The van der Waals surface area contributed by atoms with Crippen LogP contribution in [-0.4, -0.2) is 24.8 Å². The van der Waals surface area contributed by atoms with Crippen LogP contribution in [0.3, 0.4) is 0 Å². The standard InChI is InChI=1S/C20H33NO3/c1-5-7-8-12-15-18(23-6-2)20(21-19(22)16(3)4)24-17-13-10-9-11-14-17/h9-11,13-14,16,18,20H,5-8,12,15H2,1-4H3,(H,21,22)/t18-,20-/m1/s1. The van der Waals surface area contributed by atoms with Gasteiger partial charge in [0.1, 0.15) is 11.9 Å². The lowest BCUT2D eigenvalue weighted by molar-refractivity contribution is -0.130. The molecule has 0 radical (unpaired) electrons. The highest BCUT2D eigenvalue weighted by Crippen LogP contribution is 2.17. The third-order valence-electron chi connectivity index (χ3n) is 3.88. The van der Waals surface area contributed by atoms with E-state index < -0.39 is 6.23 Å². The van der Waals surface area contributed by atoms with Gasteiger partial charge in [0.05, 0.1) is 0 Å². The molecule has 136 valence electrons. The van der Waals surface area contributed by atoms with Crippen LogP contribution >= 0.6 is 0 Å². The second-order valence-electron chi connectivity index (χ2n) is 6.36. The van der Waals surface area contributed by atoms with Crippen molar-refractivity contribution in [2.75, 3.05) is 6.61 Å². The van der Waals surface area contributed by atoms with Crippen LogP contribution in [0.2, 0.25) is 0 Å². The third kappa shape index (κ3) is 7.82. The average Bonchev–Trinajstić information content (AvgIpc) is 2.58. The van der Waals surface area contributed by atoms with Gasteiger partial charge in [0, 0.05) is 12.5 Å². The summed E-state index contributed by atoms with van der Waals surface area (Å²) in [5.41, 5.74) is 0. The summed E-state index contributed by atoms with van der Waals surface area (Å²) in [7, 11) is 0. The van der Waals surface area contributed by atoms with Gasteiger partial charge in [-0.15, -0.1) is 0 Å². The number of unbranched alkanes of at least 4 members (excludes halogenated alkanes) is 3. The number of hydrogen-bond donors (Lipinski definition) is 1. The number of hydrogen-bond acceptors (Lipinski definition) is 3. The molecule has 2 atom stereocenters. The predicted molar refractivity (Wildman–Crippen MR) is 98.0 cm³/mol. The predicted octanol–water partition coefficient (Wildman–Crippen LogP) is 4.54. The van der Waals surface area contributed by atoms with Crippen molar-refractivity contribution in [2.24, 2.45) is 5.92 Å². The summed E-state index contributed by atoms with van der Waals surface area (Å²) in [4.78, 5) is 12.2. The molecular formula is C20H33NO3. The highest BCUT2D eigenvalue weighted by molar-refractivity contribution is 5.78. The normalized spacial score (nSPS) is 13.5. The number of ether oxygens (including phenoxy) is 2. The first kappa shape index (κ1) is 20.5. The van der Waals surface area contributed by atoms with Gasteiger partial charge >= 0.3 is 0 Å². The Labute approximate surface area is 146 Å². The largest absolute Gasteiger partial charge is 0.468 e. The Balaban J connectivity index is 2.78. The molecule has 0 bridgehead atoms. The molecule has 0 aliphatic heterocycles. The van der Waals surface area contributed by atoms with Crippen molar-refractivity contribution in [3.05, 3.63) is 30.3 Å². The van der Waals surface area contributed by atoms with E-state index in [1.165, 1.54) is 19.3 Å². The number of benzene rings is 1. The van der Waals surface area contributed by atoms with Gasteiger partial charge < -0.3 is 14.8 Å². The van der Waals surface area contributed by atoms with Gasteiger partial charge in [-0.1, -0.05) is 64.7 Å². The molecule has 0 aliphatic rings. The van der Waals surface area contributed by atoms with Crippen molar-refractivity contribution >= 4 is 5.91 Å². The maximum absolute atomic E-state index is 12.2. The smallest absolute Gasteiger partial charge is 0.225 e. The van der Waals surface area contributed by atoms with Crippen LogP contribution in [0, 0.1) is 5.92 Å². The van der Waals surface area contributed by atoms with Crippen LogP contribution in [0.1, 0.15) is 59.8 Å². The van der Waals surface area contributed by atoms with E-state index >= 15 is 0 Å². The van der Waals surface area contributed by atoms with E-state index in [1.54, 1.807) is 0 Å². The number of carbonyl (C=O) groups is 1. The quantitative estimate of drug-likeness (QED) is 0.450. The van der Waals surface area contributed by atoms with Crippen LogP contribution in [-0.2, 0) is 9.53 Å². The molecule has 0 heterocycles. The molecule has 1 amide bonds. The van der Waals surface area contributed by atoms with E-state index in [2.05, 4.69) is 12.2 Å². The Morgan fingerprint density at radius 1 is 1.08 bits per heavy atom. The molecule has 24 heavy (non-hydrogen) atoms. The molecule has 1 aromatic carbocycles. The molecule has 1 N–H and O–H groups in total. The van der Waals surface area contributed by atoms with E-state index in [-0.39, 0.29) is 17.9 Å². The fourth-order valence-electron chi connectivity index (χ4n) is 2.46. The summed E-state index contributed by atoms with van der Waals surface area (Å²) in [6, 6.07) is 9.59. The van der Waals surface area contributed by atoms with Crippen LogP contribution in [0.25, 0.3) is 0 Å². The first-order valence-electron chi connectivity index (χ1n) is 9.22. The third-order valence-corrected chi connectivity index (χ3v) is 3.88. The van der Waals surface area contributed by atoms with Crippen molar-refractivity contribution in [2.45, 2.75) is 72.1 Å². The van der Waals surface area contributed by atoms with E-state index in [9.17, 15) is 4.79 Å². The van der Waals surface area contributed by atoms with E-state index in [0.29, 0.717) is 6.61 Å². The summed E-state index contributed by atoms with van der Waals surface area (Å²) in [5.74, 6) is 0.633. The molecular weight excluding hydrogens is 302 g/mol. The fraction of sp³-hybridized carbons (Fsp3) is 0.650. The van der Waals surface area contributed by atoms with Crippen LogP contribution < -0.4 is 10.1 Å². The number of amides is 1. The van der Waals surface area contributed by atoms with Crippen molar-refractivity contribution in [3.63, 3.8) is 0 Å². The van der Waals surface area contributed by atoms with Crippen molar-refractivity contribution in [1.29, 1.82) is 0 Å². The fourth-order valence-corrected chi connectivity index (χ4v) is 2.46. The van der Waals surface area contributed by atoms with Gasteiger partial charge in [-0.25, -0.2) is 0 Å². The highest BCUT2D eigenvalue weighted by atomic mass is 16.6. The summed E-state index contributed by atoms with van der Waals surface area (Å²) in [6.45, 7) is 8.54. The van der Waals surface area contributed by atoms with Gasteiger partial charge in [-0.3, -0.25) is 4.79 Å². The molecule has 1 aromatic rings. The second-order valence-corrected chi connectivity index (χ2v) is 6.36. The molecule has 0 aromatic heterocycles. The van der Waals surface area contributed by atoms with E-state index in [4.69, 9.17) is 9.47 Å². The first-order valence-corrected chi connectivity index (χ1v) is 9.22. The van der Waals surface area contributed by atoms with Crippen molar-refractivity contribution in [1.82, 2.24) is 5.32 Å². The zero-order chi connectivity index (χ0) is 17.8. The second kappa shape index (κ2) is 11.9. The summed E-state index contributed by atoms with van der Waals surface area (Å²) in [5, 5.41) is 3.00. The molecule has 0 aliphatic carbocycles. The zero-order valence-corrected chi connectivity index (χ0v) is 15.6. The molecule has 0 saturated carbocycles. The Bertz CT molecular complexity index is 447. The minimum Gasteiger partial charge on any atom is -0.468 e. The monoisotopic (exact) mass is 335 g/mol. The molecule has 0 fully saturated rings. The zero-order valence-electron chi connectivity index (χ0n) is 15.6. The molecule has 1 rings (SSSR count). The Morgan fingerprint density at radius 3 is 2.38 bits per heavy atom. The Morgan fingerprint density at radius 2 is 1.79 bits per heavy atom. The topological polar surface area (TPSA) is 47.6 Å². The summed E-state index contributed by atoms with van der Waals surface area (Å²) in [6.07, 6.45) is 4.94. The van der Waals surface area contributed by atoms with Crippen LogP contribution in [0.4, 0.5) is 0 Å². The molecule has 4 heteroatoms. The number of carbonyl (C=O) groups excluding carboxylic acids is 1. The lowest BCUT2D eigenvalue weighted by Gasteiger charge is -2.29. The Kier molecular flexibility index (Phi) is 10.2. The van der Waals surface area contributed by atoms with Gasteiger partial charge in [-0.05, 0) is 25.5 Å². The highest BCUT2D eigenvalue weighted by Gasteiger charge is 2.26. The van der Waals surface area contributed by atoms with Gasteiger partial charge in [0.15, 0.2) is 6.23 Å². The minimum absolute atomic E-state index is 0.0193. The summed E-state index contributed by atoms with van der Waals surface area (Å²) >= 11 is 0. The number of para-hydroxylation sites is 1. The summed E-state index contributed by atoms with van der Waals surface area (Å²) < 4.78 is 11.9. The lowest BCUT2D eigenvalue weighted by Crippen LogP contribution is -2.49. The molecule has 0 spiro atoms. The minimum atomic E-state index is -0.469. The van der Waals surface area contributed by atoms with Gasteiger partial charge in [0.25, 0.3) is 0 Å². The maximum Gasteiger partial charge on any atom is 0.225 e. The van der Waals surface area contributed by atoms with Crippen LogP contribution in [0.15, 0.2) is 30.3 Å². The van der Waals surface area contributed by atoms with E-state index in [0.717, 1.165) is 18.6 Å². The number of nitrogens with one attached hydrogen (secondary N) is 1. The average molecular weight is 335 g/mol. The molecule has 4 nitrogen and oxygen atoms in total. The maximum atomic E-state index is 12.2. The lowest BCUT2D eigenvalue weighted by atomic mass is 10.1. The molecule has 0 saturated heterocycles. The SMILES string of the molecule is CCCCCC[C@@H](OCC)[C@H](NC(=O)C(C)C)Oc1ccccc1.